The number of carbonyl (C=O) groups excluding carboxylic acids is 2. The molecule has 1 atom stereocenters. The minimum absolute atomic E-state index is 0.0410. The number of ether oxygens (including phenoxy) is 2. The molecule has 2 aromatic rings. The summed E-state index contributed by atoms with van der Waals surface area (Å²) in [4.78, 5) is 23.8. The zero-order valence-corrected chi connectivity index (χ0v) is 14.8. The second kappa shape index (κ2) is 6.95. The molecule has 1 aliphatic heterocycles. The lowest BCUT2D eigenvalue weighted by Gasteiger charge is -2.30. The van der Waals surface area contributed by atoms with Crippen molar-refractivity contribution in [3.05, 3.63) is 35.0 Å². The Morgan fingerprint density at radius 1 is 1.35 bits per heavy atom. The summed E-state index contributed by atoms with van der Waals surface area (Å²) < 4.78 is 15.3. The Hall–Kier alpha value is -3.23. The van der Waals surface area contributed by atoms with Gasteiger partial charge in [0, 0.05) is 18.3 Å². The van der Waals surface area contributed by atoms with Crippen LogP contribution in [-0.2, 0) is 19.1 Å². The highest BCUT2D eigenvalue weighted by molar-refractivity contribution is 6.05. The fourth-order valence-corrected chi connectivity index (χ4v) is 2.82. The lowest BCUT2D eigenvalue weighted by Crippen LogP contribution is -2.33. The van der Waals surface area contributed by atoms with E-state index in [1.807, 2.05) is 0 Å². The Bertz CT molecular complexity index is 915. The maximum absolute atomic E-state index is 12.8. The molecule has 0 saturated carbocycles. The zero-order chi connectivity index (χ0) is 18.8. The van der Waals surface area contributed by atoms with Crippen molar-refractivity contribution in [3.8, 4) is 0 Å². The maximum atomic E-state index is 12.8. The number of hydrogen-bond acceptors (Lipinski definition) is 9. The van der Waals surface area contributed by atoms with Crippen LogP contribution in [0.4, 0.5) is 0 Å². The Labute approximate surface area is 149 Å². The van der Waals surface area contributed by atoms with E-state index in [0.29, 0.717) is 27.9 Å². The third-order valence-electron chi connectivity index (χ3n) is 4.02. The second-order valence-corrected chi connectivity index (χ2v) is 6.04. The minimum atomic E-state index is -0.779. The van der Waals surface area contributed by atoms with Crippen LogP contribution in [0.5, 0.6) is 0 Å². The summed E-state index contributed by atoms with van der Waals surface area (Å²) >= 11 is 0. The SMILES string of the molecule is CC1=C(C(=O)OC(C)C)C(c2cccc3nonc23)C(OC=O)=NN1C. The van der Waals surface area contributed by atoms with Crippen LogP contribution >= 0.6 is 0 Å². The van der Waals surface area contributed by atoms with E-state index in [4.69, 9.17) is 14.1 Å². The predicted molar refractivity (Wildman–Crippen MR) is 90.8 cm³/mol. The monoisotopic (exact) mass is 358 g/mol. The summed E-state index contributed by atoms with van der Waals surface area (Å²) in [7, 11) is 1.65. The van der Waals surface area contributed by atoms with Crippen molar-refractivity contribution < 1.29 is 23.7 Å². The van der Waals surface area contributed by atoms with E-state index in [-0.39, 0.29) is 18.5 Å². The van der Waals surface area contributed by atoms with Crippen molar-refractivity contribution in [2.45, 2.75) is 32.8 Å². The first kappa shape index (κ1) is 17.6. The number of benzene rings is 1. The van der Waals surface area contributed by atoms with Gasteiger partial charge in [0.1, 0.15) is 11.0 Å². The van der Waals surface area contributed by atoms with E-state index in [2.05, 4.69) is 15.4 Å². The molecule has 9 nitrogen and oxygen atoms in total. The topological polar surface area (TPSA) is 107 Å². The van der Waals surface area contributed by atoms with Crippen LogP contribution in [0.15, 0.2) is 39.2 Å². The third kappa shape index (κ3) is 3.03. The number of esters is 1. The van der Waals surface area contributed by atoms with Crippen LogP contribution in [0, 0.1) is 0 Å². The number of hydrazone groups is 1. The van der Waals surface area contributed by atoms with Crippen LogP contribution in [0.1, 0.15) is 32.3 Å². The van der Waals surface area contributed by atoms with E-state index in [0.717, 1.165) is 0 Å². The van der Waals surface area contributed by atoms with Gasteiger partial charge in [-0.05, 0) is 37.2 Å². The zero-order valence-electron chi connectivity index (χ0n) is 14.8. The molecule has 26 heavy (non-hydrogen) atoms. The first-order valence-corrected chi connectivity index (χ1v) is 7.99. The molecule has 0 amide bonds. The lowest BCUT2D eigenvalue weighted by atomic mass is 9.87. The normalized spacial score (nSPS) is 17.5. The molecule has 3 rings (SSSR count). The van der Waals surface area contributed by atoms with Crippen molar-refractivity contribution in [2.24, 2.45) is 5.10 Å². The van der Waals surface area contributed by atoms with Gasteiger partial charge in [-0.15, -0.1) is 5.10 Å². The molecule has 0 bridgehead atoms. The Morgan fingerprint density at radius 2 is 2.12 bits per heavy atom. The number of fused-ring (bicyclic) bond motifs is 1. The molecule has 9 heteroatoms. The molecule has 136 valence electrons. The van der Waals surface area contributed by atoms with Gasteiger partial charge in [-0.2, -0.15) is 0 Å². The van der Waals surface area contributed by atoms with Crippen LogP contribution in [0.25, 0.3) is 11.0 Å². The molecule has 0 aliphatic carbocycles. The lowest BCUT2D eigenvalue weighted by molar-refractivity contribution is -0.143. The Kier molecular flexibility index (Phi) is 4.70. The van der Waals surface area contributed by atoms with Crippen molar-refractivity contribution in [1.82, 2.24) is 15.3 Å². The van der Waals surface area contributed by atoms with E-state index < -0.39 is 11.9 Å². The number of hydrogen-bond donors (Lipinski definition) is 0. The van der Waals surface area contributed by atoms with Crippen molar-refractivity contribution >= 4 is 29.4 Å². The first-order chi connectivity index (χ1) is 12.4. The quantitative estimate of drug-likeness (QED) is 0.603. The summed E-state index contributed by atoms with van der Waals surface area (Å²) in [6.07, 6.45) is -0.312. The highest BCUT2D eigenvalue weighted by atomic mass is 16.6. The molecule has 1 unspecified atom stereocenters. The summed E-state index contributed by atoms with van der Waals surface area (Å²) in [5.74, 6) is -1.26. The number of carbonyl (C=O) groups is 2. The standard InChI is InChI=1S/C17H18N4O5/c1-9(2)25-17(23)13-10(3)21(4)18-16(24-8-22)14(13)11-6-5-7-12-15(11)20-26-19-12/h5-9,14H,1-4H3. The van der Waals surface area contributed by atoms with E-state index in [1.54, 1.807) is 46.0 Å². The van der Waals surface area contributed by atoms with Crippen LogP contribution in [-0.4, -0.2) is 46.8 Å². The number of rotatable bonds is 4. The van der Waals surface area contributed by atoms with Gasteiger partial charge in [-0.1, -0.05) is 12.1 Å². The molecule has 0 fully saturated rings. The van der Waals surface area contributed by atoms with Crippen molar-refractivity contribution in [1.29, 1.82) is 0 Å². The van der Waals surface area contributed by atoms with Gasteiger partial charge >= 0.3 is 5.97 Å². The average molecular weight is 358 g/mol. The van der Waals surface area contributed by atoms with E-state index >= 15 is 0 Å². The molecular formula is C17H18N4O5. The largest absolute Gasteiger partial charge is 0.460 e. The molecule has 1 aromatic carbocycles. The van der Waals surface area contributed by atoms with Gasteiger partial charge in [0.05, 0.1) is 17.6 Å². The second-order valence-electron chi connectivity index (χ2n) is 6.04. The number of nitrogens with zero attached hydrogens (tertiary/aromatic N) is 4. The fraction of sp³-hybridized carbons (Fsp3) is 0.353. The van der Waals surface area contributed by atoms with Gasteiger partial charge < -0.3 is 9.47 Å². The molecule has 1 aromatic heterocycles. The molecule has 0 spiro atoms. The summed E-state index contributed by atoms with van der Waals surface area (Å²) in [5.41, 5.74) is 2.43. The van der Waals surface area contributed by atoms with Gasteiger partial charge in [0.25, 0.3) is 6.47 Å². The average Bonchev–Trinajstić information content (AvgIpc) is 3.06. The van der Waals surface area contributed by atoms with E-state index in [1.165, 1.54) is 5.01 Å². The Balaban J connectivity index is 2.20. The van der Waals surface area contributed by atoms with Crippen LogP contribution < -0.4 is 0 Å². The Morgan fingerprint density at radius 3 is 2.81 bits per heavy atom. The first-order valence-electron chi connectivity index (χ1n) is 7.99. The molecule has 1 aliphatic rings. The van der Waals surface area contributed by atoms with Gasteiger partial charge in [-0.3, -0.25) is 9.80 Å². The minimum Gasteiger partial charge on any atom is -0.460 e. The van der Waals surface area contributed by atoms with Crippen molar-refractivity contribution in [2.75, 3.05) is 7.05 Å². The van der Waals surface area contributed by atoms with E-state index in [9.17, 15) is 9.59 Å². The fourth-order valence-electron chi connectivity index (χ4n) is 2.82. The third-order valence-corrected chi connectivity index (χ3v) is 4.02. The molecule has 2 heterocycles. The highest BCUT2D eigenvalue weighted by Gasteiger charge is 2.38. The van der Waals surface area contributed by atoms with Gasteiger partial charge in [-0.25, -0.2) is 9.42 Å². The molecule has 0 saturated heterocycles. The number of aromatic nitrogens is 2. The summed E-state index contributed by atoms with van der Waals surface area (Å²) in [6, 6.07) is 5.23. The molecule has 0 N–H and O–H groups in total. The number of allylic oxidation sites excluding steroid dienone is 1. The van der Waals surface area contributed by atoms with Gasteiger partial charge in [0.2, 0.25) is 5.90 Å². The highest BCUT2D eigenvalue weighted by Crippen LogP contribution is 2.37. The predicted octanol–water partition coefficient (Wildman–Crippen LogP) is 1.96. The summed E-state index contributed by atoms with van der Waals surface area (Å²) in [5, 5.41) is 13.5. The smallest absolute Gasteiger partial charge is 0.337 e. The summed E-state index contributed by atoms with van der Waals surface area (Å²) in [6.45, 7) is 5.53. The molecule has 0 radical (unpaired) electrons. The van der Waals surface area contributed by atoms with Crippen molar-refractivity contribution in [3.63, 3.8) is 0 Å². The van der Waals surface area contributed by atoms with Gasteiger partial charge in [0.15, 0.2) is 0 Å². The molecular weight excluding hydrogens is 340 g/mol. The van der Waals surface area contributed by atoms with Crippen LogP contribution in [0.3, 0.4) is 0 Å². The van der Waals surface area contributed by atoms with Crippen LogP contribution in [0.2, 0.25) is 0 Å². The maximum Gasteiger partial charge on any atom is 0.337 e.